The lowest BCUT2D eigenvalue weighted by Gasteiger charge is -2.20. The number of aliphatic imine (C=N–C) groups is 1. The van der Waals surface area contributed by atoms with Crippen LogP contribution in [0, 0.1) is 6.92 Å². The molecule has 8 heteroatoms. The molecule has 0 saturated carbocycles. The van der Waals surface area contributed by atoms with E-state index in [1.54, 1.807) is 18.4 Å². The first-order valence-corrected chi connectivity index (χ1v) is 9.29. The van der Waals surface area contributed by atoms with E-state index in [4.69, 9.17) is 21.1 Å². The number of hydrogen-bond acceptors (Lipinski definition) is 5. The maximum absolute atomic E-state index is 6.27. The minimum absolute atomic E-state index is 0.527. The number of nitrogens with zero attached hydrogens (tertiary/aromatic N) is 2. The summed E-state index contributed by atoms with van der Waals surface area (Å²) in [6, 6.07) is 3.83. The SMILES string of the molecule is CN=C(NCCc1ncc(C)s1)NCc1cc(Cl)c2c(c1)OCCO2. The van der Waals surface area contributed by atoms with Gasteiger partial charge in [0.05, 0.1) is 10.0 Å². The molecular weight excluding hydrogens is 360 g/mol. The molecule has 0 radical (unpaired) electrons. The summed E-state index contributed by atoms with van der Waals surface area (Å²) in [7, 11) is 1.75. The third-order valence-corrected chi connectivity index (χ3v) is 4.89. The van der Waals surface area contributed by atoms with Crippen LogP contribution in [0.4, 0.5) is 0 Å². The summed E-state index contributed by atoms with van der Waals surface area (Å²) in [6.07, 6.45) is 2.77. The lowest BCUT2D eigenvalue weighted by Crippen LogP contribution is -2.37. The lowest BCUT2D eigenvalue weighted by atomic mass is 10.2. The molecule has 0 atom stereocenters. The van der Waals surface area contributed by atoms with Crippen molar-refractivity contribution in [2.24, 2.45) is 4.99 Å². The van der Waals surface area contributed by atoms with Crippen LogP contribution >= 0.6 is 22.9 Å². The number of nitrogens with one attached hydrogen (secondary N) is 2. The van der Waals surface area contributed by atoms with Crippen molar-refractivity contribution in [3.8, 4) is 11.5 Å². The van der Waals surface area contributed by atoms with Crippen LogP contribution in [-0.2, 0) is 13.0 Å². The highest BCUT2D eigenvalue weighted by Gasteiger charge is 2.16. The van der Waals surface area contributed by atoms with Gasteiger partial charge in [0.25, 0.3) is 0 Å². The molecule has 0 spiro atoms. The molecule has 2 heterocycles. The quantitative estimate of drug-likeness (QED) is 0.616. The maximum atomic E-state index is 6.27. The van der Waals surface area contributed by atoms with Gasteiger partial charge in [0.2, 0.25) is 0 Å². The van der Waals surface area contributed by atoms with Gasteiger partial charge in [-0.15, -0.1) is 11.3 Å². The molecule has 25 heavy (non-hydrogen) atoms. The minimum atomic E-state index is 0.527. The van der Waals surface area contributed by atoms with Gasteiger partial charge < -0.3 is 20.1 Å². The second-order valence-corrected chi connectivity index (χ2v) is 7.30. The largest absolute Gasteiger partial charge is 0.486 e. The van der Waals surface area contributed by atoms with Gasteiger partial charge in [0, 0.05) is 37.6 Å². The zero-order chi connectivity index (χ0) is 17.6. The molecule has 0 fully saturated rings. The molecule has 2 aromatic rings. The van der Waals surface area contributed by atoms with Crippen LogP contribution in [-0.4, -0.2) is 37.7 Å². The number of rotatable bonds is 5. The maximum Gasteiger partial charge on any atom is 0.191 e. The zero-order valence-corrected chi connectivity index (χ0v) is 15.8. The summed E-state index contributed by atoms with van der Waals surface area (Å²) < 4.78 is 11.1. The molecule has 0 amide bonds. The Bertz CT molecular complexity index is 763. The molecule has 3 rings (SSSR count). The van der Waals surface area contributed by atoms with Gasteiger partial charge in [0.15, 0.2) is 17.5 Å². The number of thiazole rings is 1. The Labute approximate surface area is 156 Å². The molecular formula is C17H21ClN4O2S. The first-order valence-electron chi connectivity index (χ1n) is 8.09. The second kappa shape index (κ2) is 8.40. The monoisotopic (exact) mass is 380 g/mol. The van der Waals surface area contributed by atoms with Crippen LogP contribution in [0.15, 0.2) is 23.3 Å². The van der Waals surface area contributed by atoms with E-state index in [0.717, 1.165) is 29.5 Å². The van der Waals surface area contributed by atoms with Crippen LogP contribution < -0.4 is 20.1 Å². The molecule has 0 bridgehead atoms. The Balaban J connectivity index is 1.52. The lowest BCUT2D eigenvalue weighted by molar-refractivity contribution is 0.171. The predicted molar refractivity (Wildman–Crippen MR) is 101 cm³/mol. The average molecular weight is 381 g/mol. The first kappa shape index (κ1) is 17.8. The van der Waals surface area contributed by atoms with Crippen LogP contribution in [0.3, 0.4) is 0 Å². The van der Waals surface area contributed by atoms with Crippen LogP contribution in [0.5, 0.6) is 11.5 Å². The molecule has 2 N–H and O–H groups in total. The predicted octanol–water partition coefficient (Wildman–Crippen LogP) is 2.78. The van der Waals surface area contributed by atoms with Gasteiger partial charge >= 0.3 is 0 Å². The fraction of sp³-hybridized carbons (Fsp3) is 0.412. The normalized spacial score (nSPS) is 13.6. The highest BCUT2D eigenvalue weighted by atomic mass is 35.5. The zero-order valence-electron chi connectivity index (χ0n) is 14.3. The van der Waals surface area contributed by atoms with E-state index in [0.29, 0.717) is 36.3 Å². The molecule has 6 nitrogen and oxygen atoms in total. The smallest absolute Gasteiger partial charge is 0.191 e. The number of ether oxygens (including phenoxy) is 2. The van der Waals surface area contributed by atoms with E-state index in [2.05, 4.69) is 27.5 Å². The Morgan fingerprint density at radius 3 is 2.92 bits per heavy atom. The van der Waals surface area contributed by atoms with Crippen molar-refractivity contribution in [2.45, 2.75) is 19.9 Å². The number of guanidine groups is 1. The van der Waals surface area contributed by atoms with Crippen molar-refractivity contribution in [3.05, 3.63) is 38.8 Å². The second-order valence-electron chi connectivity index (χ2n) is 5.57. The van der Waals surface area contributed by atoms with Crippen LogP contribution in [0.2, 0.25) is 5.02 Å². The molecule has 1 aliphatic heterocycles. The van der Waals surface area contributed by atoms with E-state index >= 15 is 0 Å². The number of fused-ring (bicyclic) bond motifs is 1. The van der Waals surface area contributed by atoms with Gasteiger partial charge in [-0.1, -0.05) is 11.6 Å². The molecule has 1 aromatic heterocycles. The van der Waals surface area contributed by atoms with E-state index < -0.39 is 0 Å². The Morgan fingerprint density at radius 1 is 1.32 bits per heavy atom. The number of hydrogen-bond donors (Lipinski definition) is 2. The van der Waals surface area contributed by atoms with Crippen molar-refractivity contribution in [1.29, 1.82) is 0 Å². The van der Waals surface area contributed by atoms with Crippen molar-refractivity contribution in [2.75, 3.05) is 26.8 Å². The van der Waals surface area contributed by atoms with Crippen LogP contribution in [0.25, 0.3) is 0 Å². The molecule has 0 saturated heterocycles. The molecule has 0 aliphatic carbocycles. The standard InChI is InChI=1S/C17H21ClN4O2S/c1-11-9-21-15(25-11)3-4-20-17(19-2)22-10-12-7-13(18)16-14(8-12)23-5-6-24-16/h7-9H,3-6,10H2,1-2H3,(H2,19,20,22). The van der Waals surface area contributed by atoms with E-state index in [-0.39, 0.29) is 0 Å². The van der Waals surface area contributed by atoms with Crippen molar-refractivity contribution in [1.82, 2.24) is 15.6 Å². The molecule has 134 valence electrons. The van der Waals surface area contributed by atoms with Crippen molar-refractivity contribution >= 4 is 28.9 Å². The summed E-state index contributed by atoms with van der Waals surface area (Å²) in [6.45, 7) is 4.49. The average Bonchev–Trinajstić information content (AvgIpc) is 3.03. The Morgan fingerprint density at radius 2 is 2.16 bits per heavy atom. The van der Waals surface area contributed by atoms with Gasteiger partial charge in [-0.3, -0.25) is 4.99 Å². The highest BCUT2D eigenvalue weighted by Crippen LogP contribution is 2.38. The summed E-state index contributed by atoms with van der Waals surface area (Å²) in [5.41, 5.74) is 1.01. The van der Waals surface area contributed by atoms with Crippen LogP contribution in [0.1, 0.15) is 15.4 Å². The summed E-state index contributed by atoms with van der Waals surface area (Å²) in [4.78, 5) is 9.83. The Hall–Kier alpha value is -1.99. The van der Waals surface area contributed by atoms with Gasteiger partial charge in [-0.25, -0.2) is 4.98 Å². The fourth-order valence-corrected chi connectivity index (χ4v) is 3.55. The van der Waals surface area contributed by atoms with Gasteiger partial charge in [-0.2, -0.15) is 0 Å². The number of benzene rings is 1. The third kappa shape index (κ3) is 4.76. The van der Waals surface area contributed by atoms with Gasteiger partial charge in [0.1, 0.15) is 13.2 Å². The topological polar surface area (TPSA) is 67.8 Å². The minimum Gasteiger partial charge on any atom is -0.486 e. The van der Waals surface area contributed by atoms with E-state index in [1.807, 2.05) is 18.3 Å². The van der Waals surface area contributed by atoms with Gasteiger partial charge in [-0.05, 0) is 24.6 Å². The molecule has 1 aliphatic rings. The number of aromatic nitrogens is 1. The number of aryl methyl sites for hydroxylation is 1. The van der Waals surface area contributed by atoms with Crippen molar-refractivity contribution < 1.29 is 9.47 Å². The molecule has 0 unspecified atom stereocenters. The first-order chi connectivity index (χ1) is 12.2. The number of halogens is 1. The van der Waals surface area contributed by atoms with E-state index in [9.17, 15) is 0 Å². The Kier molecular flexibility index (Phi) is 5.99. The summed E-state index contributed by atoms with van der Waals surface area (Å²) >= 11 is 7.99. The highest BCUT2D eigenvalue weighted by molar-refractivity contribution is 7.11. The van der Waals surface area contributed by atoms with E-state index in [1.165, 1.54) is 4.88 Å². The summed E-state index contributed by atoms with van der Waals surface area (Å²) in [5.74, 6) is 2.05. The fourth-order valence-electron chi connectivity index (χ4n) is 2.48. The third-order valence-electron chi connectivity index (χ3n) is 3.64. The molecule has 1 aromatic carbocycles. The summed E-state index contributed by atoms with van der Waals surface area (Å²) in [5, 5.41) is 8.26. The van der Waals surface area contributed by atoms with Crippen molar-refractivity contribution in [3.63, 3.8) is 0 Å².